The predicted molar refractivity (Wildman–Crippen MR) is 116 cm³/mol. The first-order chi connectivity index (χ1) is 13.8. The molecule has 9 heteroatoms. The summed E-state index contributed by atoms with van der Waals surface area (Å²) in [5, 5.41) is 9.94. The maximum absolute atomic E-state index is 12.3. The Hall–Kier alpha value is -1.29. The Morgan fingerprint density at radius 2 is 1.60 bits per heavy atom. The minimum atomic E-state index is -4.68. The molecule has 1 N–H and O–H groups in total. The molecule has 0 saturated carbocycles. The Bertz CT molecular complexity index is 655. The van der Waals surface area contributed by atoms with Crippen molar-refractivity contribution < 1.29 is 27.4 Å². The van der Waals surface area contributed by atoms with E-state index in [-0.39, 0.29) is 23.3 Å². The quantitative estimate of drug-likeness (QED) is 0.600. The predicted octanol–water partition coefficient (Wildman–Crippen LogP) is 4.34. The summed E-state index contributed by atoms with van der Waals surface area (Å²) in [7, 11) is -1.84. The number of benzene rings is 1. The van der Waals surface area contributed by atoms with E-state index in [1.54, 1.807) is 12.1 Å². The zero-order valence-electron chi connectivity index (χ0n) is 18.6. The first kappa shape index (κ1) is 25.0. The van der Waals surface area contributed by atoms with E-state index in [1.807, 2.05) is 0 Å². The van der Waals surface area contributed by atoms with Gasteiger partial charge in [-0.25, -0.2) is 0 Å². The smallest absolute Gasteiger partial charge is 0.416 e. The highest BCUT2D eigenvalue weighted by Crippen LogP contribution is 2.36. The van der Waals surface area contributed by atoms with Crippen LogP contribution in [0.4, 0.5) is 18.9 Å². The van der Waals surface area contributed by atoms with E-state index in [1.165, 1.54) is 12.1 Å². The number of nitrogens with zero attached hydrogens (tertiary/aromatic N) is 2. The highest BCUT2D eigenvalue weighted by Gasteiger charge is 2.37. The normalized spacial score (nSPS) is 17.8. The SMILES string of the molecule is CC(C)(C)[Si](C)(C)OCC(CO)CN1CCN(c2ccc(OC(F)(F)F)cc2)CC1. The maximum atomic E-state index is 12.3. The number of aliphatic hydroxyl groups is 1. The first-order valence-corrected chi connectivity index (χ1v) is 13.3. The lowest BCUT2D eigenvalue weighted by atomic mass is 10.1. The van der Waals surface area contributed by atoms with Crippen molar-refractivity contribution in [3.05, 3.63) is 24.3 Å². The van der Waals surface area contributed by atoms with Crippen molar-refractivity contribution >= 4 is 14.0 Å². The molecular weight excluding hydrogens is 413 g/mol. The fourth-order valence-corrected chi connectivity index (χ4v) is 4.20. The van der Waals surface area contributed by atoms with Crippen molar-refractivity contribution in [1.82, 2.24) is 4.90 Å². The summed E-state index contributed by atoms with van der Waals surface area (Å²) in [6.45, 7) is 15.7. The molecule has 0 bridgehead atoms. The van der Waals surface area contributed by atoms with Crippen LogP contribution in [0.25, 0.3) is 0 Å². The van der Waals surface area contributed by atoms with E-state index in [9.17, 15) is 18.3 Å². The fourth-order valence-electron chi connectivity index (χ4n) is 3.12. The van der Waals surface area contributed by atoms with E-state index in [2.05, 4.69) is 48.4 Å². The van der Waals surface area contributed by atoms with Gasteiger partial charge < -0.3 is 19.2 Å². The van der Waals surface area contributed by atoms with Gasteiger partial charge in [0.05, 0.1) is 0 Å². The van der Waals surface area contributed by atoms with Gasteiger partial charge in [0.25, 0.3) is 0 Å². The molecule has 0 aromatic heterocycles. The third kappa shape index (κ3) is 7.44. The van der Waals surface area contributed by atoms with E-state index in [0.717, 1.165) is 38.4 Å². The van der Waals surface area contributed by atoms with Gasteiger partial charge in [-0.3, -0.25) is 4.90 Å². The van der Waals surface area contributed by atoms with Crippen molar-refractivity contribution in [2.24, 2.45) is 5.92 Å². The number of anilines is 1. The van der Waals surface area contributed by atoms with E-state index in [4.69, 9.17) is 4.43 Å². The number of hydrogen-bond donors (Lipinski definition) is 1. The number of hydrogen-bond acceptors (Lipinski definition) is 5. The van der Waals surface area contributed by atoms with Crippen LogP contribution >= 0.6 is 0 Å². The van der Waals surface area contributed by atoms with Crippen LogP contribution in [0.3, 0.4) is 0 Å². The van der Waals surface area contributed by atoms with Crippen LogP contribution < -0.4 is 9.64 Å². The van der Waals surface area contributed by atoms with Crippen LogP contribution in [0.2, 0.25) is 18.1 Å². The largest absolute Gasteiger partial charge is 0.573 e. The molecule has 0 amide bonds. The molecule has 1 aliphatic heterocycles. The Balaban J connectivity index is 1.82. The number of ether oxygens (including phenoxy) is 1. The summed E-state index contributed by atoms with van der Waals surface area (Å²) in [4.78, 5) is 4.46. The molecular formula is C21H35F3N2O3Si. The highest BCUT2D eigenvalue weighted by molar-refractivity contribution is 6.74. The molecule has 5 nitrogen and oxygen atoms in total. The molecule has 2 rings (SSSR count). The Morgan fingerprint density at radius 3 is 2.07 bits per heavy atom. The summed E-state index contributed by atoms with van der Waals surface area (Å²) in [5.41, 5.74) is 0.879. The Labute approximate surface area is 178 Å². The van der Waals surface area contributed by atoms with Crippen molar-refractivity contribution in [2.75, 3.05) is 50.8 Å². The summed E-state index contributed by atoms with van der Waals surface area (Å²) in [6, 6.07) is 5.99. The van der Waals surface area contributed by atoms with Crippen molar-refractivity contribution in [1.29, 1.82) is 0 Å². The topological polar surface area (TPSA) is 45.2 Å². The standard InChI is InChI=1S/C21H35F3N2O3Si/c1-20(2,3)30(4,5)28-16-17(15-27)14-25-10-12-26(13-11-25)18-6-8-19(9-7-18)29-21(22,23)24/h6-9,17,27H,10-16H2,1-5H3. The fraction of sp³-hybridized carbons (Fsp3) is 0.714. The molecule has 1 heterocycles. The van der Waals surface area contributed by atoms with Gasteiger partial charge in [-0.1, -0.05) is 20.8 Å². The molecule has 172 valence electrons. The minimum Gasteiger partial charge on any atom is -0.416 e. The van der Waals surface area contributed by atoms with Crippen LogP contribution in [0.5, 0.6) is 5.75 Å². The number of halogens is 3. The Morgan fingerprint density at radius 1 is 1.03 bits per heavy atom. The molecule has 1 atom stereocenters. The molecule has 30 heavy (non-hydrogen) atoms. The lowest BCUT2D eigenvalue weighted by Gasteiger charge is -2.39. The van der Waals surface area contributed by atoms with Gasteiger partial charge in [-0.15, -0.1) is 13.2 Å². The second-order valence-electron chi connectivity index (χ2n) is 9.45. The number of alkyl halides is 3. The minimum absolute atomic E-state index is 0.0736. The molecule has 1 unspecified atom stereocenters. The van der Waals surface area contributed by atoms with Crippen LogP contribution in [-0.2, 0) is 4.43 Å². The Kier molecular flexibility index (Phi) is 8.23. The third-order valence-electron chi connectivity index (χ3n) is 6.07. The zero-order valence-corrected chi connectivity index (χ0v) is 19.6. The van der Waals surface area contributed by atoms with Crippen molar-refractivity contribution in [2.45, 2.75) is 45.3 Å². The second kappa shape index (κ2) is 9.89. The highest BCUT2D eigenvalue weighted by atomic mass is 28.4. The van der Waals surface area contributed by atoms with Crippen LogP contribution in [0, 0.1) is 5.92 Å². The number of piperazine rings is 1. The molecule has 1 saturated heterocycles. The van der Waals surface area contributed by atoms with Gasteiger partial charge in [-0.05, 0) is 42.4 Å². The van der Waals surface area contributed by atoms with Gasteiger partial charge in [-0.2, -0.15) is 0 Å². The maximum Gasteiger partial charge on any atom is 0.573 e. The van der Waals surface area contributed by atoms with Gasteiger partial charge in [0.15, 0.2) is 8.32 Å². The molecule has 1 aliphatic rings. The number of rotatable bonds is 8. The second-order valence-corrected chi connectivity index (χ2v) is 14.3. The van der Waals surface area contributed by atoms with Crippen molar-refractivity contribution in [3.63, 3.8) is 0 Å². The van der Waals surface area contributed by atoms with E-state index >= 15 is 0 Å². The van der Waals surface area contributed by atoms with Crippen LogP contribution in [0.15, 0.2) is 24.3 Å². The van der Waals surface area contributed by atoms with Crippen LogP contribution in [-0.4, -0.2) is 70.6 Å². The molecule has 1 aromatic carbocycles. The molecule has 0 radical (unpaired) electrons. The average molecular weight is 449 g/mol. The summed E-state index contributed by atoms with van der Waals surface area (Å²) < 4.78 is 47.1. The third-order valence-corrected chi connectivity index (χ3v) is 10.6. The molecule has 0 spiro atoms. The van der Waals surface area contributed by atoms with Gasteiger partial charge in [0.1, 0.15) is 5.75 Å². The average Bonchev–Trinajstić information content (AvgIpc) is 2.64. The van der Waals surface area contributed by atoms with Gasteiger partial charge >= 0.3 is 6.36 Å². The zero-order chi connectivity index (χ0) is 22.6. The van der Waals surface area contributed by atoms with Crippen molar-refractivity contribution in [3.8, 4) is 5.75 Å². The van der Waals surface area contributed by atoms with E-state index in [0.29, 0.717) is 6.61 Å². The monoisotopic (exact) mass is 448 g/mol. The summed E-state index contributed by atoms with van der Waals surface area (Å²) in [6.07, 6.45) is -4.68. The molecule has 0 aliphatic carbocycles. The first-order valence-electron chi connectivity index (χ1n) is 10.4. The molecule has 1 aromatic rings. The van der Waals surface area contributed by atoms with Crippen LogP contribution in [0.1, 0.15) is 20.8 Å². The lowest BCUT2D eigenvalue weighted by Crippen LogP contribution is -2.49. The number of aliphatic hydroxyl groups excluding tert-OH is 1. The summed E-state index contributed by atoms with van der Waals surface area (Å²) in [5.74, 6) is -0.137. The van der Waals surface area contributed by atoms with Gasteiger partial charge in [0, 0.05) is 57.5 Å². The van der Waals surface area contributed by atoms with Gasteiger partial charge in [0.2, 0.25) is 0 Å². The lowest BCUT2D eigenvalue weighted by molar-refractivity contribution is -0.274. The molecule has 1 fully saturated rings. The van der Waals surface area contributed by atoms with E-state index < -0.39 is 14.7 Å². The summed E-state index contributed by atoms with van der Waals surface area (Å²) >= 11 is 0.